The quantitative estimate of drug-likeness (QED) is 0.156. The topological polar surface area (TPSA) is 12.5 Å². The zero-order valence-electron chi connectivity index (χ0n) is 32.8. The highest BCUT2D eigenvalue weighted by molar-refractivity contribution is 8.00. The molecule has 12 rings (SSSR count). The standard InChI is InChI=1S/C55H38BNOSSi/c1-5-19-39(20-6-1)57(40-21-7-2-8-22-40)41-36-49-55-51(37-41)59-50-35-38(33-34-47(50)56(55)46-29-15-16-30-48(46)58-49)54-44-27-13-17-31-52(44)60(42-23-9-3-10-24-42,43-25-11-4-12-26-43)53-32-18-14-28-45(53)54/h1-37,54H. The molecule has 3 aliphatic heterocycles. The predicted octanol–water partition coefficient (Wildman–Crippen LogP) is 9.11. The van der Waals surface area contributed by atoms with Crippen LogP contribution in [0.4, 0.5) is 17.1 Å². The van der Waals surface area contributed by atoms with Crippen molar-refractivity contribution in [1.82, 2.24) is 0 Å². The van der Waals surface area contributed by atoms with Gasteiger partial charge in [-0.05, 0) is 90.8 Å². The van der Waals surface area contributed by atoms with Gasteiger partial charge < -0.3 is 9.64 Å². The van der Waals surface area contributed by atoms with E-state index in [1.807, 2.05) is 11.8 Å². The first-order chi connectivity index (χ1) is 29.8. The molecule has 282 valence electrons. The Morgan fingerprint density at radius 3 is 1.58 bits per heavy atom. The van der Waals surface area contributed by atoms with E-state index in [-0.39, 0.29) is 12.6 Å². The van der Waals surface area contributed by atoms with Crippen LogP contribution in [-0.2, 0) is 0 Å². The van der Waals surface area contributed by atoms with Gasteiger partial charge in [0.05, 0.1) is 5.69 Å². The van der Waals surface area contributed by atoms with Crippen LogP contribution < -0.4 is 46.8 Å². The number of para-hydroxylation sites is 3. The average Bonchev–Trinajstić information content (AvgIpc) is 3.32. The second-order valence-corrected chi connectivity index (χ2v) is 20.7. The smallest absolute Gasteiger partial charge is 0.253 e. The Morgan fingerprint density at radius 2 is 0.967 bits per heavy atom. The van der Waals surface area contributed by atoms with Gasteiger partial charge in [-0.3, -0.25) is 0 Å². The van der Waals surface area contributed by atoms with Crippen molar-refractivity contribution in [1.29, 1.82) is 0 Å². The van der Waals surface area contributed by atoms with Crippen molar-refractivity contribution in [2.45, 2.75) is 15.7 Å². The highest BCUT2D eigenvalue weighted by Gasteiger charge is 2.49. The van der Waals surface area contributed by atoms with Crippen LogP contribution in [0.2, 0.25) is 0 Å². The average molecular weight is 800 g/mol. The molecule has 0 atom stereocenters. The number of anilines is 3. The van der Waals surface area contributed by atoms with Crippen molar-refractivity contribution in [3.05, 3.63) is 241 Å². The van der Waals surface area contributed by atoms with Crippen LogP contribution in [0.5, 0.6) is 11.5 Å². The number of benzene rings is 9. The van der Waals surface area contributed by atoms with E-state index in [1.165, 1.54) is 63.6 Å². The van der Waals surface area contributed by atoms with Gasteiger partial charge in [-0.2, -0.15) is 0 Å². The number of hydrogen-bond acceptors (Lipinski definition) is 3. The minimum Gasteiger partial charge on any atom is -0.458 e. The van der Waals surface area contributed by atoms with Crippen LogP contribution in [0.25, 0.3) is 0 Å². The van der Waals surface area contributed by atoms with Gasteiger partial charge in [-0.1, -0.05) is 193 Å². The van der Waals surface area contributed by atoms with Crippen LogP contribution >= 0.6 is 11.8 Å². The summed E-state index contributed by atoms with van der Waals surface area (Å²) >= 11 is 1.88. The number of rotatable bonds is 6. The first kappa shape index (κ1) is 35.2. The Bertz CT molecular complexity index is 2940. The summed E-state index contributed by atoms with van der Waals surface area (Å²) < 4.78 is 6.86. The molecule has 0 saturated heterocycles. The van der Waals surface area contributed by atoms with E-state index in [1.54, 1.807) is 0 Å². The fourth-order valence-electron chi connectivity index (χ4n) is 10.4. The lowest BCUT2D eigenvalue weighted by atomic mass is 9.35. The van der Waals surface area contributed by atoms with Gasteiger partial charge in [0.25, 0.3) is 6.71 Å². The second kappa shape index (κ2) is 14.2. The minimum atomic E-state index is -2.68. The third-order valence-electron chi connectivity index (χ3n) is 12.8. The van der Waals surface area contributed by atoms with Crippen molar-refractivity contribution in [3.63, 3.8) is 0 Å². The molecule has 0 amide bonds. The van der Waals surface area contributed by atoms with Gasteiger partial charge in [0, 0.05) is 33.2 Å². The van der Waals surface area contributed by atoms with E-state index >= 15 is 0 Å². The molecule has 0 fully saturated rings. The van der Waals surface area contributed by atoms with Gasteiger partial charge in [-0.25, -0.2) is 0 Å². The molecule has 0 unspecified atom stereocenters. The van der Waals surface area contributed by atoms with Gasteiger partial charge >= 0.3 is 0 Å². The fourth-order valence-corrected chi connectivity index (χ4v) is 16.9. The van der Waals surface area contributed by atoms with E-state index in [0.29, 0.717) is 0 Å². The maximum atomic E-state index is 6.86. The summed E-state index contributed by atoms with van der Waals surface area (Å²) in [5, 5.41) is 5.77. The monoisotopic (exact) mass is 799 g/mol. The second-order valence-electron chi connectivity index (χ2n) is 15.9. The highest BCUT2D eigenvalue weighted by atomic mass is 32.2. The van der Waals surface area contributed by atoms with E-state index in [4.69, 9.17) is 4.74 Å². The summed E-state index contributed by atoms with van der Waals surface area (Å²) in [7, 11) is -2.68. The Balaban J connectivity index is 1.05. The molecule has 0 saturated carbocycles. The van der Waals surface area contributed by atoms with Gasteiger partial charge in [0.1, 0.15) is 11.5 Å². The first-order valence-corrected chi connectivity index (χ1v) is 23.6. The molecule has 0 radical (unpaired) electrons. The Labute approximate surface area is 356 Å². The van der Waals surface area contributed by atoms with Crippen molar-refractivity contribution < 1.29 is 4.74 Å². The molecule has 0 aromatic heterocycles. The largest absolute Gasteiger partial charge is 0.458 e. The predicted molar refractivity (Wildman–Crippen MR) is 254 cm³/mol. The van der Waals surface area contributed by atoms with Gasteiger partial charge in [0.15, 0.2) is 8.07 Å². The first-order valence-electron chi connectivity index (χ1n) is 20.7. The van der Waals surface area contributed by atoms with Gasteiger partial charge in [-0.15, -0.1) is 0 Å². The van der Waals surface area contributed by atoms with Crippen LogP contribution in [0.15, 0.2) is 234 Å². The SMILES string of the molecule is c1ccc(N(c2ccccc2)c2cc3c4c(c2)Sc2cc(C5c6ccccc6[Si](c6ccccc6)(c6ccccc6)c6ccccc65)ccc2B4c2ccccc2O3)cc1. The summed E-state index contributed by atoms with van der Waals surface area (Å²) in [6, 6.07) is 83.2. The molecule has 9 aromatic rings. The highest BCUT2D eigenvalue weighted by Crippen LogP contribution is 2.45. The summed E-state index contributed by atoms with van der Waals surface area (Å²) in [4.78, 5) is 4.87. The maximum absolute atomic E-state index is 6.86. The van der Waals surface area contributed by atoms with E-state index in [0.717, 1.165) is 28.6 Å². The summed E-state index contributed by atoms with van der Waals surface area (Å²) in [5.41, 5.74) is 11.2. The van der Waals surface area contributed by atoms with Crippen molar-refractivity contribution in [2.24, 2.45) is 0 Å². The molecule has 0 bridgehead atoms. The lowest BCUT2D eigenvalue weighted by molar-refractivity contribution is 0.486. The van der Waals surface area contributed by atoms with Crippen molar-refractivity contribution in [3.8, 4) is 11.5 Å². The van der Waals surface area contributed by atoms with Gasteiger partial charge in [0.2, 0.25) is 0 Å². The summed E-state index contributed by atoms with van der Waals surface area (Å²) in [6.45, 7) is 0.0587. The Kier molecular flexibility index (Phi) is 8.32. The van der Waals surface area contributed by atoms with E-state index < -0.39 is 8.07 Å². The molecule has 0 aliphatic carbocycles. The molecule has 3 aliphatic rings. The Morgan fingerprint density at radius 1 is 0.433 bits per heavy atom. The molecule has 9 aromatic carbocycles. The normalized spacial score (nSPS) is 14.1. The lowest BCUT2D eigenvalue weighted by Gasteiger charge is -2.43. The molecule has 3 heterocycles. The third kappa shape index (κ3) is 5.36. The van der Waals surface area contributed by atoms with Crippen LogP contribution in [0.3, 0.4) is 0 Å². The number of nitrogens with zero attached hydrogens (tertiary/aromatic N) is 1. The molecule has 2 nitrogen and oxygen atoms in total. The Hall–Kier alpha value is -6.79. The molecule has 0 spiro atoms. The lowest BCUT2D eigenvalue weighted by Crippen LogP contribution is -2.77. The number of hydrogen-bond donors (Lipinski definition) is 0. The number of fused-ring (bicyclic) bond motifs is 6. The van der Waals surface area contributed by atoms with Crippen molar-refractivity contribution in [2.75, 3.05) is 4.90 Å². The summed E-state index contributed by atoms with van der Waals surface area (Å²) in [5.74, 6) is 1.92. The van der Waals surface area contributed by atoms with Crippen molar-refractivity contribution >= 4 is 80.7 Å². The zero-order chi connectivity index (χ0) is 39.6. The fraction of sp³-hybridized carbons (Fsp3) is 0.0182. The van der Waals surface area contributed by atoms with E-state index in [2.05, 4.69) is 229 Å². The van der Waals surface area contributed by atoms with Crippen LogP contribution in [0.1, 0.15) is 22.6 Å². The molecular formula is C55H38BNOSSi. The number of ether oxygens (including phenoxy) is 1. The summed E-state index contributed by atoms with van der Waals surface area (Å²) in [6.07, 6.45) is 0. The molecule has 0 N–H and O–H groups in total. The minimum absolute atomic E-state index is 0.0587. The van der Waals surface area contributed by atoms with Crippen LogP contribution in [-0.4, -0.2) is 14.8 Å². The molecule has 60 heavy (non-hydrogen) atoms. The molecule has 5 heteroatoms. The third-order valence-corrected chi connectivity index (χ3v) is 18.8. The zero-order valence-corrected chi connectivity index (χ0v) is 34.6. The van der Waals surface area contributed by atoms with E-state index in [9.17, 15) is 0 Å². The van der Waals surface area contributed by atoms with Crippen LogP contribution in [0, 0.1) is 0 Å². The molecular weight excluding hydrogens is 762 g/mol. The maximum Gasteiger partial charge on any atom is 0.253 e.